The number of likely N-dealkylation sites (tertiary alicyclic amines) is 1. The number of carbonyl (C=O) groups excluding carboxylic acids is 2. The van der Waals surface area contributed by atoms with E-state index in [0.717, 1.165) is 29.7 Å². The average Bonchev–Trinajstić information content (AvgIpc) is 3.05. The van der Waals surface area contributed by atoms with Crippen molar-refractivity contribution in [2.45, 2.75) is 31.8 Å². The summed E-state index contributed by atoms with van der Waals surface area (Å²) in [6.07, 6.45) is 1.27. The first kappa shape index (κ1) is 17.3. The quantitative estimate of drug-likeness (QED) is 0.834. The molecule has 0 unspecified atom stereocenters. The summed E-state index contributed by atoms with van der Waals surface area (Å²) in [4.78, 5) is 28.4. The van der Waals surface area contributed by atoms with E-state index in [-0.39, 0.29) is 11.9 Å². The van der Waals surface area contributed by atoms with Gasteiger partial charge in [0.25, 0.3) is 5.91 Å². The number of likely N-dealkylation sites (N-methyl/N-ethyl adjacent to an activating group) is 1. The van der Waals surface area contributed by atoms with Crippen molar-refractivity contribution in [1.82, 2.24) is 24.9 Å². The summed E-state index contributed by atoms with van der Waals surface area (Å²) in [5.74, 6) is -0.157. The first-order valence-corrected chi connectivity index (χ1v) is 9.29. The molecule has 1 N–H and O–H groups in total. The number of carbonyl (C=O) groups is 2. The van der Waals surface area contributed by atoms with Crippen LogP contribution < -0.4 is 5.32 Å². The lowest BCUT2D eigenvalue weighted by molar-refractivity contribution is -0.129. The topological polar surface area (TPSA) is 70.5 Å². The Bertz CT molecular complexity index is 885. The summed E-state index contributed by atoms with van der Waals surface area (Å²) >= 11 is 6.40. The van der Waals surface area contributed by atoms with E-state index < -0.39 is 5.54 Å². The molecule has 2 saturated heterocycles. The third-order valence-electron chi connectivity index (χ3n) is 5.68. The van der Waals surface area contributed by atoms with Crippen molar-refractivity contribution in [3.05, 3.63) is 28.9 Å². The lowest BCUT2D eigenvalue weighted by atomic mass is 9.86. The van der Waals surface area contributed by atoms with E-state index >= 15 is 0 Å². The van der Waals surface area contributed by atoms with Crippen LogP contribution in [0.25, 0.3) is 10.9 Å². The molecule has 138 valence electrons. The first-order valence-electron chi connectivity index (χ1n) is 8.92. The summed E-state index contributed by atoms with van der Waals surface area (Å²) in [5.41, 5.74) is 1.27. The lowest BCUT2D eigenvalue weighted by Gasteiger charge is -2.41. The number of halogens is 1. The van der Waals surface area contributed by atoms with Crippen LogP contribution in [0.2, 0.25) is 5.02 Å². The number of imide groups is 1. The largest absolute Gasteiger partial charge is 0.325 e. The highest BCUT2D eigenvalue weighted by Crippen LogP contribution is 2.34. The van der Waals surface area contributed by atoms with Gasteiger partial charge in [-0.1, -0.05) is 17.7 Å². The monoisotopic (exact) mass is 375 g/mol. The Morgan fingerprint density at radius 1 is 1.27 bits per heavy atom. The van der Waals surface area contributed by atoms with E-state index in [4.69, 9.17) is 11.6 Å². The lowest BCUT2D eigenvalue weighted by Crippen LogP contribution is -2.56. The standard InChI is InChI=1S/C18H22ClN5O2/c1-3-24-17(26)20-16(25)18(24)7-9-23(10-8-18)11-13-15-12(19)5-4-6-14(15)22(2)21-13/h4-6H,3,7-11H2,1-2H3,(H,20,25,26). The smallest absolute Gasteiger partial charge is 0.310 e. The zero-order valence-corrected chi connectivity index (χ0v) is 15.7. The number of amides is 3. The van der Waals surface area contributed by atoms with Gasteiger partial charge in [-0.05, 0) is 31.9 Å². The Kier molecular flexibility index (Phi) is 4.16. The van der Waals surface area contributed by atoms with Crippen molar-refractivity contribution in [1.29, 1.82) is 0 Å². The van der Waals surface area contributed by atoms with Crippen LogP contribution in [0.4, 0.5) is 4.79 Å². The van der Waals surface area contributed by atoms with E-state index in [1.807, 2.05) is 36.9 Å². The van der Waals surface area contributed by atoms with Gasteiger partial charge < -0.3 is 4.90 Å². The van der Waals surface area contributed by atoms with Gasteiger partial charge in [0.05, 0.1) is 16.2 Å². The van der Waals surface area contributed by atoms with Crippen LogP contribution in [0.3, 0.4) is 0 Å². The van der Waals surface area contributed by atoms with Gasteiger partial charge in [0, 0.05) is 38.6 Å². The maximum Gasteiger partial charge on any atom is 0.325 e. The minimum Gasteiger partial charge on any atom is -0.310 e. The molecule has 2 aromatic rings. The van der Waals surface area contributed by atoms with Gasteiger partial charge in [-0.15, -0.1) is 0 Å². The van der Waals surface area contributed by atoms with E-state index in [1.165, 1.54) is 0 Å². The molecule has 2 fully saturated rings. The van der Waals surface area contributed by atoms with E-state index in [0.29, 0.717) is 31.0 Å². The van der Waals surface area contributed by atoms with Gasteiger partial charge in [-0.3, -0.25) is 19.7 Å². The van der Waals surface area contributed by atoms with E-state index in [1.54, 1.807) is 4.90 Å². The number of nitrogens with one attached hydrogen (secondary N) is 1. The van der Waals surface area contributed by atoms with Gasteiger partial charge in [0.1, 0.15) is 5.54 Å². The van der Waals surface area contributed by atoms with Crippen molar-refractivity contribution in [2.75, 3.05) is 19.6 Å². The summed E-state index contributed by atoms with van der Waals surface area (Å²) in [5, 5.41) is 8.81. The predicted octanol–water partition coefficient (Wildman–Crippen LogP) is 2.13. The summed E-state index contributed by atoms with van der Waals surface area (Å²) < 4.78 is 1.85. The molecule has 8 heteroatoms. The predicted molar refractivity (Wildman–Crippen MR) is 98.9 cm³/mol. The van der Waals surface area contributed by atoms with Crippen molar-refractivity contribution in [3.8, 4) is 0 Å². The van der Waals surface area contributed by atoms with Crippen LogP contribution in [0, 0.1) is 0 Å². The molecule has 7 nitrogen and oxygen atoms in total. The van der Waals surface area contributed by atoms with Crippen LogP contribution in [-0.4, -0.2) is 56.7 Å². The molecule has 1 aromatic heterocycles. The van der Waals surface area contributed by atoms with Crippen molar-refractivity contribution in [3.63, 3.8) is 0 Å². The number of benzene rings is 1. The zero-order valence-electron chi connectivity index (χ0n) is 15.0. The maximum atomic E-state index is 12.4. The van der Waals surface area contributed by atoms with Gasteiger partial charge >= 0.3 is 6.03 Å². The third-order valence-corrected chi connectivity index (χ3v) is 5.99. The Morgan fingerprint density at radius 2 is 2.00 bits per heavy atom. The Morgan fingerprint density at radius 3 is 2.69 bits per heavy atom. The second-order valence-corrected chi connectivity index (χ2v) is 7.42. The number of nitrogens with zero attached hydrogens (tertiary/aromatic N) is 4. The molecular weight excluding hydrogens is 354 g/mol. The average molecular weight is 376 g/mol. The molecule has 4 rings (SSSR count). The molecule has 2 aliphatic heterocycles. The molecule has 3 heterocycles. The highest BCUT2D eigenvalue weighted by Gasteiger charge is 2.53. The Labute approximate surface area is 156 Å². The second kappa shape index (κ2) is 6.25. The molecule has 1 spiro atoms. The fourth-order valence-electron chi connectivity index (χ4n) is 4.30. The van der Waals surface area contributed by atoms with Gasteiger partial charge in [0.2, 0.25) is 0 Å². The zero-order chi connectivity index (χ0) is 18.5. The number of urea groups is 1. The SMILES string of the molecule is CCN1C(=O)NC(=O)C12CCN(Cc1nn(C)c3cccc(Cl)c13)CC2. The molecule has 1 aromatic carbocycles. The number of fused-ring (bicyclic) bond motifs is 1. The fraction of sp³-hybridized carbons (Fsp3) is 0.500. The highest BCUT2D eigenvalue weighted by molar-refractivity contribution is 6.35. The molecule has 2 aliphatic rings. The molecule has 0 aliphatic carbocycles. The van der Waals surface area contributed by atoms with Crippen molar-refractivity contribution < 1.29 is 9.59 Å². The molecule has 0 atom stereocenters. The number of rotatable bonds is 3. The van der Waals surface area contributed by atoms with E-state index in [2.05, 4.69) is 15.3 Å². The molecule has 0 saturated carbocycles. The molecular formula is C18H22ClN5O2. The second-order valence-electron chi connectivity index (χ2n) is 7.02. The van der Waals surface area contributed by atoms with E-state index in [9.17, 15) is 9.59 Å². The maximum absolute atomic E-state index is 12.4. The van der Waals surface area contributed by atoms with Crippen LogP contribution in [0.1, 0.15) is 25.5 Å². The Hall–Kier alpha value is -2.12. The van der Waals surface area contributed by atoms with Gasteiger partial charge in [-0.25, -0.2) is 4.79 Å². The number of hydrogen-bond donors (Lipinski definition) is 1. The van der Waals surface area contributed by atoms with Crippen molar-refractivity contribution >= 4 is 34.4 Å². The number of piperidine rings is 1. The highest BCUT2D eigenvalue weighted by atomic mass is 35.5. The molecule has 0 radical (unpaired) electrons. The van der Waals surface area contributed by atoms with Gasteiger partial charge in [0.15, 0.2) is 0 Å². The third kappa shape index (κ3) is 2.49. The minimum absolute atomic E-state index is 0.157. The normalized spacial score (nSPS) is 20.3. The van der Waals surface area contributed by atoms with Crippen LogP contribution in [0.15, 0.2) is 18.2 Å². The van der Waals surface area contributed by atoms with Crippen LogP contribution in [0.5, 0.6) is 0 Å². The molecule has 0 bridgehead atoms. The fourth-order valence-corrected chi connectivity index (χ4v) is 4.58. The summed E-state index contributed by atoms with van der Waals surface area (Å²) in [6.45, 7) is 4.60. The number of aromatic nitrogens is 2. The number of aryl methyl sites for hydroxylation is 1. The molecule has 3 amide bonds. The summed E-state index contributed by atoms with van der Waals surface area (Å²) in [7, 11) is 1.92. The Balaban J connectivity index is 1.53. The van der Waals surface area contributed by atoms with Crippen molar-refractivity contribution in [2.24, 2.45) is 7.05 Å². The first-order chi connectivity index (χ1) is 12.5. The molecule has 26 heavy (non-hydrogen) atoms. The van der Waals surface area contributed by atoms with Gasteiger partial charge in [-0.2, -0.15) is 5.10 Å². The minimum atomic E-state index is -0.688. The number of hydrogen-bond acceptors (Lipinski definition) is 4. The summed E-state index contributed by atoms with van der Waals surface area (Å²) in [6, 6.07) is 5.55. The van der Waals surface area contributed by atoms with Crippen LogP contribution >= 0.6 is 11.6 Å². The van der Waals surface area contributed by atoms with Crippen LogP contribution in [-0.2, 0) is 18.4 Å².